The van der Waals surface area contributed by atoms with Crippen LogP contribution in [0.2, 0.25) is 5.02 Å². The normalized spacial score (nSPS) is 10.4. The van der Waals surface area contributed by atoms with Gasteiger partial charge in [0.25, 0.3) is 5.91 Å². The summed E-state index contributed by atoms with van der Waals surface area (Å²) in [6, 6.07) is 7.32. The number of carbonyl (C=O) groups is 1. The molecule has 24 heavy (non-hydrogen) atoms. The van der Waals surface area contributed by atoms with Crippen LogP contribution in [0.5, 0.6) is 11.5 Å². The molecule has 4 nitrogen and oxygen atoms in total. The van der Waals surface area contributed by atoms with Crippen LogP contribution in [0.4, 0.5) is 5.69 Å². The number of carbonyl (C=O) groups excluding carboxylic acids is 1. The molecule has 0 aromatic heterocycles. The van der Waals surface area contributed by atoms with Gasteiger partial charge in [-0.05, 0) is 55.7 Å². The highest BCUT2D eigenvalue weighted by Crippen LogP contribution is 2.31. The van der Waals surface area contributed by atoms with Crippen LogP contribution in [0.3, 0.4) is 0 Å². The Hall–Kier alpha value is -1.72. The molecule has 0 heterocycles. The zero-order valence-electron chi connectivity index (χ0n) is 14.0. The molecule has 0 saturated carbocycles. The van der Waals surface area contributed by atoms with Crippen LogP contribution in [-0.4, -0.2) is 19.6 Å². The Morgan fingerprint density at radius 1 is 1.08 bits per heavy atom. The minimum absolute atomic E-state index is 0.0905. The molecule has 6 heteroatoms. The van der Waals surface area contributed by atoms with Crippen LogP contribution >= 0.6 is 27.5 Å². The molecule has 1 amide bonds. The van der Waals surface area contributed by atoms with Crippen LogP contribution in [0.1, 0.15) is 16.7 Å². The van der Waals surface area contributed by atoms with Crippen molar-refractivity contribution in [1.82, 2.24) is 0 Å². The van der Waals surface area contributed by atoms with Crippen molar-refractivity contribution in [3.63, 3.8) is 0 Å². The number of benzene rings is 2. The molecule has 0 aliphatic carbocycles. The number of amides is 1. The third-order valence-corrected chi connectivity index (χ3v) is 4.83. The zero-order valence-corrected chi connectivity index (χ0v) is 16.3. The number of rotatable bonds is 5. The second-order valence-electron chi connectivity index (χ2n) is 5.51. The third kappa shape index (κ3) is 4.42. The van der Waals surface area contributed by atoms with Crippen LogP contribution in [0.15, 0.2) is 28.7 Å². The first-order chi connectivity index (χ1) is 11.3. The van der Waals surface area contributed by atoms with Crippen molar-refractivity contribution >= 4 is 39.1 Å². The molecule has 0 radical (unpaired) electrons. The molecule has 0 bridgehead atoms. The summed E-state index contributed by atoms with van der Waals surface area (Å²) in [6.07, 6.45) is 0. The summed E-state index contributed by atoms with van der Waals surface area (Å²) in [6.45, 7) is 5.68. The summed E-state index contributed by atoms with van der Waals surface area (Å²) in [5.41, 5.74) is 3.43. The number of hydrogen-bond acceptors (Lipinski definition) is 3. The second-order valence-corrected chi connectivity index (χ2v) is 6.77. The summed E-state index contributed by atoms with van der Waals surface area (Å²) in [4.78, 5) is 12.2. The SMILES string of the molecule is COc1cc(Cl)c(C)cc1NC(=O)COc1cc(C)c(Br)cc1C. The first kappa shape index (κ1) is 18.6. The van der Waals surface area contributed by atoms with E-state index >= 15 is 0 Å². The predicted molar refractivity (Wildman–Crippen MR) is 100 cm³/mol. The highest BCUT2D eigenvalue weighted by molar-refractivity contribution is 9.10. The van der Waals surface area contributed by atoms with Gasteiger partial charge in [0.05, 0.1) is 12.8 Å². The molecule has 0 saturated heterocycles. The predicted octanol–water partition coefficient (Wildman–Crippen LogP) is 5.05. The molecule has 2 aromatic rings. The van der Waals surface area contributed by atoms with Crippen molar-refractivity contribution in [2.75, 3.05) is 19.0 Å². The van der Waals surface area contributed by atoms with E-state index in [-0.39, 0.29) is 12.5 Å². The summed E-state index contributed by atoms with van der Waals surface area (Å²) in [7, 11) is 1.53. The molecule has 0 spiro atoms. The van der Waals surface area contributed by atoms with Gasteiger partial charge < -0.3 is 14.8 Å². The highest BCUT2D eigenvalue weighted by Gasteiger charge is 2.12. The van der Waals surface area contributed by atoms with E-state index in [1.807, 2.05) is 32.9 Å². The topological polar surface area (TPSA) is 47.6 Å². The van der Waals surface area contributed by atoms with Crippen LogP contribution < -0.4 is 14.8 Å². The first-order valence-corrected chi connectivity index (χ1v) is 8.52. The third-order valence-electron chi connectivity index (χ3n) is 3.57. The van der Waals surface area contributed by atoms with Crippen molar-refractivity contribution in [1.29, 1.82) is 0 Å². The van der Waals surface area contributed by atoms with Crippen LogP contribution in [0.25, 0.3) is 0 Å². The van der Waals surface area contributed by atoms with Crippen molar-refractivity contribution in [2.24, 2.45) is 0 Å². The molecule has 2 aromatic carbocycles. The first-order valence-electron chi connectivity index (χ1n) is 7.35. The highest BCUT2D eigenvalue weighted by atomic mass is 79.9. The van der Waals surface area contributed by atoms with Crippen molar-refractivity contribution in [2.45, 2.75) is 20.8 Å². The lowest BCUT2D eigenvalue weighted by molar-refractivity contribution is -0.118. The Bertz CT molecular complexity index is 777. The Morgan fingerprint density at radius 2 is 1.79 bits per heavy atom. The summed E-state index contributed by atoms with van der Waals surface area (Å²) < 4.78 is 11.9. The van der Waals surface area contributed by atoms with E-state index in [2.05, 4.69) is 21.2 Å². The summed E-state index contributed by atoms with van der Waals surface area (Å²) in [5, 5.41) is 3.37. The molecular weight excluding hydrogens is 394 g/mol. The largest absolute Gasteiger partial charge is 0.495 e. The average Bonchev–Trinajstić information content (AvgIpc) is 2.53. The van der Waals surface area contributed by atoms with E-state index in [4.69, 9.17) is 21.1 Å². The second kappa shape index (κ2) is 7.90. The van der Waals surface area contributed by atoms with E-state index in [0.717, 1.165) is 21.2 Å². The summed E-state index contributed by atoms with van der Waals surface area (Å²) in [5.74, 6) is 0.926. The van der Waals surface area contributed by atoms with Crippen LogP contribution in [0, 0.1) is 20.8 Å². The quantitative estimate of drug-likeness (QED) is 0.747. The lowest BCUT2D eigenvalue weighted by Gasteiger charge is -2.14. The number of aryl methyl sites for hydroxylation is 3. The van der Waals surface area contributed by atoms with Crippen molar-refractivity contribution in [3.8, 4) is 11.5 Å². The van der Waals surface area contributed by atoms with Gasteiger partial charge in [-0.25, -0.2) is 0 Å². The molecular formula is C18H19BrClNO3. The fourth-order valence-electron chi connectivity index (χ4n) is 2.17. The Labute approximate surface area is 155 Å². The van der Waals surface area contributed by atoms with E-state index in [9.17, 15) is 4.79 Å². The molecule has 2 rings (SSSR count). The Morgan fingerprint density at radius 3 is 2.46 bits per heavy atom. The molecule has 0 aliphatic heterocycles. The number of anilines is 1. The number of ether oxygens (including phenoxy) is 2. The van der Waals surface area contributed by atoms with Gasteiger partial charge in [0.2, 0.25) is 0 Å². The maximum absolute atomic E-state index is 12.2. The van der Waals surface area contributed by atoms with Crippen molar-refractivity contribution in [3.05, 3.63) is 50.5 Å². The summed E-state index contributed by atoms with van der Waals surface area (Å²) >= 11 is 9.54. The van der Waals surface area contributed by atoms with Gasteiger partial charge >= 0.3 is 0 Å². The lowest BCUT2D eigenvalue weighted by Crippen LogP contribution is -2.21. The van der Waals surface area contributed by atoms with Gasteiger partial charge in [0.15, 0.2) is 6.61 Å². The van der Waals surface area contributed by atoms with Gasteiger partial charge in [-0.3, -0.25) is 4.79 Å². The molecule has 128 valence electrons. The Balaban J connectivity index is 2.07. The van der Waals surface area contributed by atoms with Gasteiger partial charge in [-0.15, -0.1) is 0 Å². The maximum atomic E-state index is 12.2. The van der Waals surface area contributed by atoms with Gasteiger partial charge in [-0.2, -0.15) is 0 Å². The van der Waals surface area contributed by atoms with Gasteiger partial charge in [0, 0.05) is 15.6 Å². The minimum Gasteiger partial charge on any atom is -0.495 e. The number of nitrogens with one attached hydrogen (secondary N) is 1. The van der Waals surface area contributed by atoms with E-state index in [1.165, 1.54) is 7.11 Å². The van der Waals surface area contributed by atoms with E-state index in [1.54, 1.807) is 12.1 Å². The molecule has 0 fully saturated rings. The minimum atomic E-state index is -0.269. The van der Waals surface area contributed by atoms with Crippen LogP contribution in [-0.2, 0) is 4.79 Å². The molecule has 0 atom stereocenters. The number of halogens is 2. The van der Waals surface area contributed by atoms with Gasteiger partial charge in [-0.1, -0.05) is 27.5 Å². The smallest absolute Gasteiger partial charge is 0.262 e. The molecule has 1 N–H and O–H groups in total. The zero-order chi connectivity index (χ0) is 17.9. The Kier molecular flexibility index (Phi) is 6.13. The lowest BCUT2D eigenvalue weighted by atomic mass is 10.1. The molecule has 0 unspecified atom stereocenters. The van der Waals surface area contributed by atoms with Crippen molar-refractivity contribution < 1.29 is 14.3 Å². The number of methoxy groups -OCH3 is 1. The monoisotopic (exact) mass is 411 g/mol. The van der Waals surface area contributed by atoms with E-state index in [0.29, 0.717) is 22.2 Å². The van der Waals surface area contributed by atoms with Gasteiger partial charge in [0.1, 0.15) is 11.5 Å². The number of hydrogen-bond donors (Lipinski definition) is 1. The maximum Gasteiger partial charge on any atom is 0.262 e. The average molecular weight is 413 g/mol. The molecule has 0 aliphatic rings. The van der Waals surface area contributed by atoms with E-state index < -0.39 is 0 Å². The fourth-order valence-corrected chi connectivity index (χ4v) is 2.78. The standard InChI is InChI=1S/C18H19BrClNO3/c1-10-7-16(12(3)5-13(10)19)24-9-18(22)21-15-6-11(2)14(20)8-17(15)23-4/h5-8H,9H2,1-4H3,(H,21,22). The fraction of sp³-hybridized carbons (Fsp3) is 0.278.